The van der Waals surface area contributed by atoms with Crippen molar-refractivity contribution in [1.82, 2.24) is 0 Å². The summed E-state index contributed by atoms with van der Waals surface area (Å²) in [5.41, 5.74) is -0.465. The van der Waals surface area contributed by atoms with Crippen LogP contribution in [-0.2, 0) is 0 Å². The highest BCUT2D eigenvalue weighted by atomic mass is 79.9. The van der Waals surface area contributed by atoms with E-state index in [1.54, 1.807) is 7.11 Å². The molecule has 2 aromatic carbocycles. The molecule has 5 heteroatoms. The summed E-state index contributed by atoms with van der Waals surface area (Å²) in [7, 11) is 1.64. The van der Waals surface area contributed by atoms with Crippen LogP contribution >= 0.6 is 39.1 Å². The molecule has 2 aromatic rings. The zero-order valence-corrected chi connectivity index (χ0v) is 14.3. The van der Waals surface area contributed by atoms with Gasteiger partial charge >= 0.3 is 0 Å². The van der Waals surface area contributed by atoms with Crippen LogP contribution in [-0.4, -0.2) is 17.5 Å². The average Bonchev–Trinajstić information content (AvgIpc) is 2.48. The Morgan fingerprint density at radius 3 is 2.65 bits per heavy atom. The van der Waals surface area contributed by atoms with E-state index in [0.717, 1.165) is 22.9 Å². The summed E-state index contributed by atoms with van der Waals surface area (Å²) in [6.45, 7) is 2.03. The van der Waals surface area contributed by atoms with Gasteiger partial charge in [0.15, 0.2) is 5.56 Å². The van der Waals surface area contributed by atoms with Crippen LogP contribution in [0.25, 0.3) is 10.8 Å². The van der Waals surface area contributed by atoms with Crippen molar-refractivity contribution in [3.63, 3.8) is 0 Å². The molecular weight excluding hydrogens is 363 g/mol. The molecule has 0 radical (unpaired) electrons. The Hall–Kier alpha value is -0.640. The van der Waals surface area contributed by atoms with Crippen LogP contribution < -0.4 is 9.47 Å². The average molecular weight is 378 g/mol. The Morgan fingerprint density at radius 1 is 1.25 bits per heavy atom. The second-order valence-electron chi connectivity index (χ2n) is 4.36. The molecule has 0 fully saturated rings. The molecule has 0 saturated carbocycles. The summed E-state index contributed by atoms with van der Waals surface area (Å²) >= 11 is 16.1. The Balaban J connectivity index is 2.34. The van der Waals surface area contributed by atoms with Crippen LogP contribution in [0.15, 0.2) is 30.3 Å². The monoisotopic (exact) mass is 376 g/mol. The third-order valence-corrected chi connectivity index (χ3v) is 5.25. The molecule has 2 nitrogen and oxygen atoms in total. The van der Waals surface area contributed by atoms with Crippen molar-refractivity contribution in [1.29, 1.82) is 0 Å². The van der Waals surface area contributed by atoms with Gasteiger partial charge in [0.2, 0.25) is 0 Å². The van der Waals surface area contributed by atoms with Gasteiger partial charge in [0.05, 0.1) is 17.0 Å². The van der Waals surface area contributed by atoms with Gasteiger partial charge in [-0.1, -0.05) is 52.1 Å². The SMILES string of the molecule is CCC(Br)C(Cl)Oc1ccc2cc(OC)ccc2c1Cl. The number of hydrogen-bond acceptors (Lipinski definition) is 2. The molecule has 0 amide bonds. The van der Waals surface area contributed by atoms with E-state index in [-0.39, 0.29) is 4.83 Å². The van der Waals surface area contributed by atoms with Crippen LogP contribution in [0.2, 0.25) is 5.02 Å². The van der Waals surface area contributed by atoms with Gasteiger partial charge in [-0.15, -0.1) is 0 Å². The normalized spacial score (nSPS) is 14.1. The molecule has 0 saturated heterocycles. The molecule has 0 aliphatic heterocycles. The number of ether oxygens (including phenoxy) is 2. The summed E-state index contributed by atoms with van der Waals surface area (Å²) < 4.78 is 10.9. The van der Waals surface area contributed by atoms with E-state index in [4.69, 9.17) is 32.7 Å². The number of rotatable bonds is 5. The fraction of sp³-hybridized carbons (Fsp3) is 0.333. The molecule has 20 heavy (non-hydrogen) atoms. The lowest BCUT2D eigenvalue weighted by atomic mass is 10.1. The van der Waals surface area contributed by atoms with E-state index in [2.05, 4.69) is 15.9 Å². The Labute approximate surface area is 137 Å². The first-order chi connectivity index (χ1) is 9.56. The molecule has 0 heterocycles. The molecule has 108 valence electrons. The molecule has 0 spiro atoms. The van der Waals surface area contributed by atoms with Crippen molar-refractivity contribution in [2.75, 3.05) is 7.11 Å². The van der Waals surface area contributed by atoms with Gasteiger partial charge < -0.3 is 9.47 Å². The number of alkyl halides is 2. The van der Waals surface area contributed by atoms with Crippen molar-refractivity contribution in [3.05, 3.63) is 35.4 Å². The Bertz CT molecular complexity index is 604. The van der Waals surface area contributed by atoms with Gasteiger partial charge in [-0.05, 0) is 36.1 Å². The Morgan fingerprint density at radius 2 is 2.00 bits per heavy atom. The van der Waals surface area contributed by atoms with Crippen LogP contribution in [0.1, 0.15) is 13.3 Å². The minimum atomic E-state index is -0.465. The lowest BCUT2D eigenvalue weighted by molar-refractivity contribution is 0.277. The van der Waals surface area contributed by atoms with Gasteiger partial charge in [-0.3, -0.25) is 0 Å². The number of fused-ring (bicyclic) bond motifs is 1. The molecular formula is C15H15BrCl2O2. The van der Waals surface area contributed by atoms with Gasteiger partial charge in [-0.2, -0.15) is 0 Å². The fourth-order valence-electron chi connectivity index (χ4n) is 1.85. The largest absolute Gasteiger partial charge is 0.497 e. The topological polar surface area (TPSA) is 18.5 Å². The smallest absolute Gasteiger partial charge is 0.184 e. The highest BCUT2D eigenvalue weighted by Gasteiger charge is 2.18. The summed E-state index contributed by atoms with van der Waals surface area (Å²) in [5, 5.41) is 2.47. The fourth-order valence-corrected chi connectivity index (χ4v) is 2.51. The first kappa shape index (κ1) is 15.7. The zero-order valence-electron chi connectivity index (χ0n) is 11.2. The molecule has 2 rings (SSSR count). The molecule has 0 N–H and O–H groups in total. The third-order valence-electron chi connectivity index (χ3n) is 3.04. The quantitative estimate of drug-likeness (QED) is 0.629. The minimum absolute atomic E-state index is 0.0757. The van der Waals surface area contributed by atoms with Crippen molar-refractivity contribution >= 4 is 49.9 Å². The molecule has 0 aliphatic rings. The molecule has 0 bridgehead atoms. The first-order valence-electron chi connectivity index (χ1n) is 6.28. The van der Waals surface area contributed by atoms with Crippen LogP contribution in [0.3, 0.4) is 0 Å². The highest BCUT2D eigenvalue weighted by Crippen LogP contribution is 2.36. The Kier molecular flexibility index (Phi) is 5.42. The summed E-state index contributed by atoms with van der Waals surface area (Å²) in [5.74, 6) is 1.38. The standard InChI is InChI=1S/C15H15BrCl2O2/c1-3-12(16)15(18)20-13-7-4-9-8-10(19-2)5-6-11(9)14(13)17/h4-8,12,15H,3H2,1-2H3. The van der Waals surface area contributed by atoms with Gasteiger partial charge in [0.25, 0.3) is 0 Å². The van der Waals surface area contributed by atoms with Gasteiger partial charge in [-0.25, -0.2) is 0 Å². The van der Waals surface area contributed by atoms with Crippen molar-refractivity contribution in [2.24, 2.45) is 0 Å². The maximum atomic E-state index is 6.39. The molecule has 2 unspecified atom stereocenters. The summed E-state index contributed by atoms with van der Waals surface area (Å²) in [6, 6.07) is 9.49. The zero-order chi connectivity index (χ0) is 14.7. The van der Waals surface area contributed by atoms with Crippen molar-refractivity contribution in [2.45, 2.75) is 23.7 Å². The van der Waals surface area contributed by atoms with Crippen LogP contribution in [0.5, 0.6) is 11.5 Å². The molecule has 0 aliphatic carbocycles. The maximum absolute atomic E-state index is 6.39. The number of hydrogen-bond donors (Lipinski definition) is 0. The van der Waals surface area contributed by atoms with Crippen molar-refractivity contribution in [3.8, 4) is 11.5 Å². The number of halogens is 3. The predicted molar refractivity (Wildman–Crippen MR) is 88.8 cm³/mol. The second kappa shape index (κ2) is 6.88. The lowest BCUT2D eigenvalue weighted by Gasteiger charge is -2.18. The summed E-state index contributed by atoms with van der Waals surface area (Å²) in [4.78, 5) is 0.0757. The lowest BCUT2D eigenvalue weighted by Crippen LogP contribution is -2.20. The molecule has 2 atom stereocenters. The minimum Gasteiger partial charge on any atom is -0.497 e. The van der Waals surface area contributed by atoms with E-state index in [9.17, 15) is 0 Å². The van der Waals surface area contributed by atoms with E-state index in [1.165, 1.54) is 0 Å². The summed E-state index contributed by atoms with van der Waals surface area (Å²) in [6.07, 6.45) is 0.872. The number of benzene rings is 2. The van der Waals surface area contributed by atoms with Gasteiger partial charge in [0, 0.05) is 5.39 Å². The maximum Gasteiger partial charge on any atom is 0.184 e. The second-order valence-corrected chi connectivity index (χ2v) is 6.34. The highest BCUT2D eigenvalue weighted by molar-refractivity contribution is 9.09. The first-order valence-corrected chi connectivity index (χ1v) is 8.01. The third kappa shape index (κ3) is 3.33. The predicted octanol–water partition coefficient (Wildman–Crippen LogP) is 5.62. The van der Waals surface area contributed by atoms with E-state index >= 15 is 0 Å². The van der Waals surface area contributed by atoms with Crippen molar-refractivity contribution < 1.29 is 9.47 Å². The molecule has 0 aromatic heterocycles. The van der Waals surface area contributed by atoms with E-state index < -0.39 is 5.56 Å². The van der Waals surface area contributed by atoms with Gasteiger partial charge in [0.1, 0.15) is 11.5 Å². The van der Waals surface area contributed by atoms with E-state index in [0.29, 0.717) is 10.8 Å². The van der Waals surface area contributed by atoms with E-state index in [1.807, 2.05) is 37.3 Å². The number of methoxy groups -OCH3 is 1. The van der Waals surface area contributed by atoms with Crippen LogP contribution in [0.4, 0.5) is 0 Å². The van der Waals surface area contributed by atoms with Crippen LogP contribution in [0, 0.1) is 0 Å².